The van der Waals surface area contributed by atoms with Crippen LogP contribution in [0, 0.1) is 6.92 Å². The highest BCUT2D eigenvalue weighted by atomic mass is 35.5. The van der Waals surface area contributed by atoms with Gasteiger partial charge in [-0.3, -0.25) is 4.79 Å². The maximum Gasteiger partial charge on any atom is 0.258 e. The fraction of sp³-hybridized carbons (Fsp3) is 0.381. The first-order valence-electron chi connectivity index (χ1n) is 9.64. The summed E-state index contributed by atoms with van der Waals surface area (Å²) in [5, 5.41) is 5.23. The molecular formula is C21H21ClN4O2. The zero-order valence-electron chi connectivity index (χ0n) is 15.9. The maximum absolute atomic E-state index is 13.3. The highest BCUT2D eigenvalue weighted by molar-refractivity contribution is 6.33. The van der Waals surface area contributed by atoms with Gasteiger partial charge in [-0.05, 0) is 44.9 Å². The maximum atomic E-state index is 13.3. The first-order valence-corrected chi connectivity index (χ1v) is 10.0. The van der Waals surface area contributed by atoms with Gasteiger partial charge in [0, 0.05) is 18.0 Å². The van der Waals surface area contributed by atoms with Crippen molar-refractivity contribution in [2.45, 2.75) is 45.2 Å². The monoisotopic (exact) mass is 396 g/mol. The van der Waals surface area contributed by atoms with E-state index in [1.807, 2.05) is 47.7 Å². The van der Waals surface area contributed by atoms with Gasteiger partial charge in [0.25, 0.3) is 5.91 Å². The molecule has 0 spiro atoms. The third-order valence-corrected chi connectivity index (χ3v) is 5.93. The highest BCUT2D eigenvalue weighted by Gasteiger charge is 2.35. The number of benzene rings is 1. The normalized spacial score (nSPS) is 19.0. The van der Waals surface area contributed by atoms with E-state index in [1.54, 1.807) is 6.07 Å². The number of aryl methyl sites for hydroxylation is 1. The van der Waals surface area contributed by atoms with Crippen LogP contribution in [0.15, 0.2) is 34.7 Å². The lowest BCUT2D eigenvalue weighted by atomic mass is 10.1. The molecule has 3 heterocycles. The van der Waals surface area contributed by atoms with E-state index in [4.69, 9.17) is 21.0 Å². The van der Waals surface area contributed by atoms with E-state index in [-0.39, 0.29) is 11.9 Å². The largest absolute Gasteiger partial charge is 0.460 e. The van der Waals surface area contributed by atoms with E-state index in [0.29, 0.717) is 41.1 Å². The molecule has 0 unspecified atom stereocenters. The number of furan rings is 1. The van der Waals surface area contributed by atoms with Gasteiger partial charge in [-0.15, -0.1) is 0 Å². The molecule has 5 rings (SSSR count). The molecule has 0 N–H and O–H groups in total. The van der Waals surface area contributed by atoms with E-state index in [0.717, 1.165) is 17.2 Å². The lowest BCUT2D eigenvalue weighted by Gasteiger charge is -2.32. The van der Waals surface area contributed by atoms with Crippen LogP contribution in [0.25, 0.3) is 11.3 Å². The molecule has 144 valence electrons. The van der Waals surface area contributed by atoms with Crippen molar-refractivity contribution >= 4 is 17.5 Å². The minimum Gasteiger partial charge on any atom is -0.460 e. The number of amides is 1. The summed E-state index contributed by atoms with van der Waals surface area (Å²) in [7, 11) is 0. The van der Waals surface area contributed by atoms with Crippen LogP contribution in [0.3, 0.4) is 0 Å². The van der Waals surface area contributed by atoms with Gasteiger partial charge in [0.05, 0.1) is 23.2 Å². The number of fused-ring (bicyclic) bond motifs is 1. The second-order valence-electron chi connectivity index (χ2n) is 7.56. The molecule has 28 heavy (non-hydrogen) atoms. The first-order chi connectivity index (χ1) is 13.5. The fourth-order valence-corrected chi connectivity index (χ4v) is 4.05. The smallest absolute Gasteiger partial charge is 0.258 e. The topological polar surface area (TPSA) is 64.2 Å². The Morgan fingerprint density at radius 2 is 2.04 bits per heavy atom. The van der Waals surface area contributed by atoms with E-state index in [2.05, 4.69) is 5.10 Å². The Bertz CT molecular complexity index is 1070. The summed E-state index contributed by atoms with van der Waals surface area (Å²) in [4.78, 5) is 19.9. The molecule has 1 aliphatic carbocycles. The Kier molecular flexibility index (Phi) is 4.05. The molecule has 7 heteroatoms. The molecule has 6 nitrogen and oxygen atoms in total. The van der Waals surface area contributed by atoms with Crippen molar-refractivity contribution < 1.29 is 9.21 Å². The van der Waals surface area contributed by atoms with Gasteiger partial charge < -0.3 is 9.32 Å². The molecule has 0 saturated heterocycles. The van der Waals surface area contributed by atoms with Gasteiger partial charge in [0.15, 0.2) is 5.82 Å². The molecule has 1 amide bonds. The van der Waals surface area contributed by atoms with Crippen LogP contribution < -0.4 is 0 Å². The summed E-state index contributed by atoms with van der Waals surface area (Å²) in [6.45, 7) is 5.10. The summed E-state index contributed by atoms with van der Waals surface area (Å²) in [6.07, 6.45) is 2.33. The van der Waals surface area contributed by atoms with Crippen LogP contribution in [0.4, 0.5) is 0 Å². The van der Waals surface area contributed by atoms with Crippen LogP contribution in [0.5, 0.6) is 0 Å². The van der Waals surface area contributed by atoms with Crippen molar-refractivity contribution in [3.63, 3.8) is 0 Å². The predicted molar refractivity (Wildman–Crippen MR) is 105 cm³/mol. The Hall–Kier alpha value is -2.60. The van der Waals surface area contributed by atoms with Crippen molar-refractivity contribution in [3.8, 4) is 11.3 Å². The second kappa shape index (κ2) is 6.48. The molecule has 1 saturated carbocycles. The average Bonchev–Trinajstić information content (AvgIpc) is 3.32. The first kappa shape index (κ1) is 17.5. The standard InChI is InChI=1S/C21H21ClN4O2/c1-12-20-23-19(14-7-8-14)24-26(20)10-9-25(12)21(27)16-11-18(28-13(16)2)15-5-3-4-6-17(15)22/h3-6,11-12,14H,7-10H2,1-2H3/t12-/m1/s1. The lowest BCUT2D eigenvalue weighted by molar-refractivity contribution is 0.0629. The SMILES string of the molecule is Cc1oc(-c2ccccc2Cl)cc1C(=O)N1CCn2nc(C3CC3)nc2[C@H]1C. The number of carbonyl (C=O) groups is 1. The van der Waals surface area contributed by atoms with Crippen molar-refractivity contribution in [1.82, 2.24) is 19.7 Å². The van der Waals surface area contributed by atoms with Gasteiger partial charge in [0.1, 0.15) is 17.3 Å². The third-order valence-electron chi connectivity index (χ3n) is 5.60. The average molecular weight is 397 g/mol. The van der Waals surface area contributed by atoms with Crippen LogP contribution >= 0.6 is 11.6 Å². The summed E-state index contributed by atoms with van der Waals surface area (Å²) < 4.78 is 7.83. The van der Waals surface area contributed by atoms with E-state index < -0.39 is 0 Å². The third kappa shape index (κ3) is 2.83. The van der Waals surface area contributed by atoms with E-state index in [9.17, 15) is 4.79 Å². The van der Waals surface area contributed by atoms with E-state index >= 15 is 0 Å². The summed E-state index contributed by atoms with van der Waals surface area (Å²) >= 11 is 6.29. The molecule has 1 aliphatic heterocycles. The number of carbonyl (C=O) groups excluding carboxylic acids is 1. The molecule has 3 aromatic rings. The summed E-state index contributed by atoms with van der Waals surface area (Å²) in [6, 6.07) is 9.14. The van der Waals surface area contributed by atoms with Crippen LogP contribution in [-0.4, -0.2) is 32.1 Å². The molecule has 2 aromatic heterocycles. The molecule has 0 radical (unpaired) electrons. The Labute approximate surface area is 168 Å². The van der Waals surface area contributed by atoms with Gasteiger partial charge in [-0.2, -0.15) is 5.10 Å². The minimum absolute atomic E-state index is 0.0470. The van der Waals surface area contributed by atoms with E-state index in [1.165, 1.54) is 12.8 Å². The molecular weight excluding hydrogens is 376 g/mol. The predicted octanol–water partition coefficient (Wildman–Crippen LogP) is 4.59. The van der Waals surface area contributed by atoms with Gasteiger partial charge in [0.2, 0.25) is 0 Å². The molecule has 2 aliphatic rings. The van der Waals surface area contributed by atoms with Crippen LogP contribution in [0.1, 0.15) is 59.5 Å². The zero-order chi connectivity index (χ0) is 19.4. The summed E-state index contributed by atoms with van der Waals surface area (Å²) in [5.74, 6) is 3.46. The summed E-state index contributed by atoms with van der Waals surface area (Å²) in [5.41, 5.74) is 1.35. The molecule has 1 fully saturated rings. The Morgan fingerprint density at radius 3 is 2.79 bits per heavy atom. The number of hydrogen-bond donors (Lipinski definition) is 0. The number of halogens is 1. The van der Waals surface area contributed by atoms with Crippen molar-refractivity contribution in [3.05, 3.63) is 58.3 Å². The number of hydrogen-bond acceptors (Lipinski definition) is 4. The molecule has 1 atom stereocenters. The molecule has 0 bridgehead atoms. The lowest BCUT2D eigenvalue weighted by Crippen LogP contribution is -2.41. The van der Waals surface area contributed by atoms with Gasteiger partial charge >= 0.3 is 0 Å². The molecule has 1 aromatic carbocycles. The Morgan fingerprint density at radius 1 is 1.25 bits per heavy atom. The van der Waals surface area contributed by atoms with Crippen LogP contribution in [-0.2, 0) is 6.54 Å². The second-order valence-corrected chi connectivity index (χ2v) is 7.97. The van der Waals surface area contributed by atoms with Crippen molar-refractivity contribution in [2.75, 3.05) is 6.54 Å². The zero-order valence-corrected chi connectivity index (χ0v) is 16.6. The fourth-order valence-electron chi connectivity index (χ4n) is 3.82. The highest BCUT2D eigenvalue weighted by Crippen LogP contribution is 2.39. The number of nitrogens with zero attached hydrogens (tertiary/aromatic N) is 4. The van der Waals surface area contributed by atoms with Gasteiger partial charge in [-0.1, -0.05) is 23.7 Å². The Balaban J connectivity index is 1.44. The van der Waals surface area contributed by atoms with Crippen LogP contribution in [0.2, 0.25) is 5.02 Å². The van der Waals surface area contributed by atoms with Crippen molar-refractivity contribution in [1.29, 1.82) is 0 Å². The van der Waals surface area contributed by atoms with Gasteiger partial charge in [-0.25, -0.2) is 9.67 Å². The quantitative estimate of drug-likeness (QED) is 0.649. The minimum atomic E-state index is -0.126. The number of aromatic nitrogens is 3. The number of rotatable bonds is 3. The van der Waals surface area contributed by atoms with Crippen molar-refractivity contribution in [2.24, 2.45) is 0 Å².